The standard InChI is InChI=1S/C78H152O17P2/c1-8-10-11-12-13-14-15-25-31-40-47-54-61-77(82)95-74(66-89-76(81)60-53-46-39-34-33-36-43-50-57-70(5)6)68-93-97(86,87)91-64-72(79)63-90-96(84,85)92-67-73(65-88-75(80)59-52-45-38-30-26-22-18-19-23-28-35-42-49-56-69(3)4)94-78(83)62-55-48-41-32-27-21-17-16-20-24-29-37-44-51-58-71(7)9-2/h69-74,79H,8-68H2,1-7H3,(H,84,85)(H,86,87)/t71?,72-,73-,74-/m1/s1. The number of aliphatic hydroxyl groups is 1. The molecular weight excluding hydrogens is 1270 g/mol. The molecule has 0 aromatic carbocycles. The Morgan fingerprint density at radius 3 is 0.784 bits per heavy atom. The predicted octanol–water partition coefficient (Wildman–Crippen LogP) is 23.0. The summed E-state index contributed by atoms with van der Waals surface area (Å²) >= 11 is 0. The lowest BCUT2D eigenvalue weighted by Gasteiger charge is -2.21. The summed E-state index contributed by atoms with van der Waals surface area (Å²) in [5.41, 5.74) is 0. The molecule has 0 rings (SSSR count). The van der Waals surface area contributed by atoms with Crippen molar-refractivity contribution in [3.63, 3.8) is 0 Å². The van der Waals surface area contributed by atoms with Crippen LogP contribution in [0, 0.1) is 17.8 Å². The van der Waals surface area contributed by atoms with Gasteiger partial charge in [0.25, 0.3) is 0 Å². The number of esters is 4. The highest BCUT2D eigenvalue weighted by atomic mass is 31.2. The van der Waals surface area contributed by atoms with Crippen LogP contribution in [-0.4, -0.2) is 96.7 Å². The molecule has 0 aliphatic heterocycles. The molecule has 0 bridgehead atoms. The molecule has 0 fully saturated rings. The molecule has 576 valence electrons. The molecular formula is C78H152O17P2. The quantitative estimate of drug-likeness (QED) is 0.0222. The Balaban J connectivity index is 5.25. The van der Waals surface area contributed by atoms with Crippen molar-refractivity contribution >= 4 is 39.5 Å². The van der Waals surface area contributed by atoms with Crippen LogP contribution in [0.3, 0.4) is 0 Å². The number of unbranched alkanes of at least 4 members (excludes halogenated alkanes) is 43. The lowest BCUT2D eigenvalue weighted by atomic mass is 9.99. The van der Waals surface area contributed by atoms with Crippen molar-refractivity contribution in [2.75, 3.05) is 39.6 Å². The van der Waals surface area contributed by atoms with Gasteiger partial charge in [0.1, 0.15) is 19.3 Å². The SMILES string of the molecule is CCCCCCCCCCCCCCC(=O)O[C@H](COC(=O)CCCCCCCCCCC(C)C)COP(=O)(O)OC[C@H](O)COP(=O)(O)OC[C@@H](COC(=O)CCCCCCCCCCCCCCCC(C)C)OC(=O)CCCCCCCCCCCCCCCCC(C)CC. The second kappa shape index (κ2) is 68.5. The van der Waals surface area contributed by atoms with Crippen LogP contribution in [0.25, 0.3) is 0 Å². The highest BCUT2D eigenvalue weighted by molar-refractivity contribution is 7.47. The first kappa shape index (κ1) is 95.1. The summed E-state index contributed by atoms with van der Waals surface area (Å²) in [4.78, 5) is 72.9. The van der Waals surface area contributed by atoms with E-state index >= 15 is 0 Å². The number of carbonyl (C=O) groups is 4. The van der Waals surface area contributed by atoms with Gasteiger partial charge in [-0.05, 0) is 43.4 Å². The summed E-state index contributed by atoms with van der Waals surface area (Å²) in [6, 6.07) is 0. The number of phosphoric acid groups is 2. The van der Waals surface area contributed by atoms with Gasteiger partial charge in [-0.25, -0.2) is 9.13 Å². The molecule has 0 aliphatic carbocycles. The molecule has 6 atom stereocenters. The van der Waals surface area contributed by atoms with Crippen molar-refractivity contribution in [3.8, 4) is 0 Å². The van der Waals surface area contributed by atoms with E-state index in [2.05, 4.69) is 48.5 Å². The highest BCUT2D eigenvalue weighted by Gasteiger charge is 2.30. The second-order valence-electron chi connectivity index (χ2n) is 29.3. The molecule has 0 heterocycles. The summed E-state index contributed by atoms with van der Waals surface area (Å²) in [6.07, 6.45) is 55.4. The maximum Gasteiger partial charge on any atom is 0.472 e. The molecule has 3 unspecified atom stereocenters. The topological polar surface area (TPSA) is 237 Å². The molecule has 0 radical (unpaired) electrons. The van der Waals surface area contributed by atoms with Gasteiger partial charge in [-0.3, -0.25) is 37.3 Å². The summed E-state index contributed by atoms with van der Waals surface area (Å²) < 4.78 is 68.6. The van der Waals surface area contributed by atoms with Crippen molar-refractivity contribution in [2.24, 2.45) is 17.8 Å². The van der Waals surface area contributed by atoms with E-state index in [0.29, 0.717) is 25.7 Å². The lowest BCUT2D eigenvalue weighted by molar-refractivity contribution is -0.161. The van der Waals surface area contributed by atoms with E-state index in [1.807, 2.05) is 0 Å². The van der Waals surface area contributed by atoms with Gasteiger partial charge in [-0.2, -0.15) is 0 Å². The smallest absolute Gasteiger partial charge is 0.462 e. The van der Waals surface area contributed by atoms with E-state index in [0.717, 1.165) is 108 Å². The normalized spacial score (nSPS) is 14.3. The molecule has 0 saturated heterocycles. The molecule has 0 amide bonds. The van der Waals surface area contributed by atoms with Crippen molar-refractivity contribution in [2.45, 2.75) is 420 Å². The van der Waals surface area contributed by atoms with Gasteiger partial charge in [0, 0.05) is 25.7 Å². The maximum absolute atomic E-state index is 13.1. The van der Waals surface area contributed by atoms with E-state index in [1.165, 1.54) is 212 Å². The third kappa shape index (κ3) is 70.9. The van der Waals surface area contributed by atoms with E-state index < -0.39 is 97.5 Å². The zero-order valence-electron chi connectivity index (χ0n) is 63.5. The van der Waals surface area contributed by atoms with Crippen molar-refractivity contribution in [3.05, 3.63) is 0 Å². The third-order valence-electron chi connectivity index (χ3n) is 18.5. The summed E-state index contributed by atoms with van der Waals surface area (Å²) in [7, 11) is -9.92. The van der Waals surface area contributed by atoms with Gasteiger partial charge < -0.3 is 33.8 Å². The number of aliphatic hydroxyl groups excluding tert-OH is 1. The number of hydrogen-bond acceptors (Lipinski definition) is 15. The lowest BCUT2D eigenvalue weighted by Crippen LogP contribution is -2.30. The van der Waals surface area contributed by atoms with Crippen molar-refractivity contribution in [1.82, 2.24) is 0 Å². The van der Waals surface area contributed by atoms with Crippen LogP contribution in [0.15, 0.2) is 0 Å². The predicted molar refractivity (Wildman–Crippen MR) is 395 cm³/mol. The largest absolute Gasteiger partial charge is 0.472 e. The Labute approximate surface area is 594 Å². The Morgan fingerprint density at radius 1 is 0.299 bits per heavy atom. The number of phosphoric ester groups is 2. The van der Waals surface area contributed by atoms with Crippen LogP contribution in [0.1, 0.15) is 402 Å². The van der Waals surface area contributed by atoms with Gasteiger partial charge in [-0.15, -0.1) is 0 Å². The first-order valence-electron chi connectivity index (χ1n) is 40.4. The average Bonchev–Trinajstić information content (AvgIpc) is 1.43. The van der Waals surface area contributed by atoms with E-state index in [9.17, 15) is 43.2 Å². The fourth-order valence-electron chi connectivity index (χ4n) is 11.9. The Bertz CT molecular complexity index is 1890. The minimum atomic E-state index is -4.96. The number of ether oxygens (including phenoxy) is 4. The highest BCUT2D eigenvalue weighted by Crippen LogP contribution is 2.45. The van der Waals surface area contributed by atoms with E-state index in [4.69, 9.17) is 37.0 Å². The summed E-state index contributed by atoms with van der Waals surface area (Å²) in [5.74, 6) is 0.250. The average molecular weight is 1420 g/mol. The van der Waals surface area contributed by atoms with Crippen LogP contribution in [0.5, 0.6) is 0 Å². The van der Waals surface area contributed by atoms with Crippen molar-refractivity contribution < 1.29 is 80.2 Å². The van der Waals surface area contributed by atoms with E-state index in [-0.39, 0.29) is 25.7 Å². The zero-order valence-corrected chi connectivity index (χ0v) is 65.3. The minimum Gasteiger partial charge on any atom is -0.462 e. The summed E-state index contributed by atoms with van der Waals surface area (Å²) in [6.45, 7) is 12.0. The molecule has 0 aromatic heterocycles. The molecule has 19 heteroatoms. The zero-order chi connectivity index (χ0) is 71.6. The van der Waals surface area contributed by atoms with Crippen LogP contribution >= 0.6 is 15.6 Å². The molecule has 0 saturated carbocycles. The van der Waals surface area contributed by atoms with Gasteiger partial charge in [0.15, 0.2) is 12.2 Å². The van der Waals surface area contributed by atoms with Gasteiger partial charge in [0.05, 0.1) is 26.4 Å². The number of hydrogen-bond donors (Lipinski definition) is 3. The first-order valence-corrected chi connectivity index (χ1v) is 43.4. The molecule has 0 spiro atoms. The minimum absolute atomic E-state index is 0.107. The first-order chi connectivity index (χ1) is 46.8. The van der Waals surface area contributed by atoms with Crippen molar-refractivity contribution in [1.29, 1.82) is 0 Å². The maximum atomic E-state index is 13.1. The Morgan fingerprint density at radius 2 is 0.526 bits per heavy atom. The third-order valence-corrected chi connectivity index (χ3v) is 20.4. The molecule has 17 nitrogen and oxygen atoms in total. The van der Waals surface area contributed by atoms with Crippen LogP contribution in [0.2, 0.25) is 0 Å². The fraction of sp³-hybridized carbons (Fsp3) is 0.949. The second-order valence-corrected chi connectivity index (χ2v) is 32.2. The van der Waals surface area contributed by atoms with Crippen LogP contribution in [0.4, 0.5) is 0 Å². The van der Waals surface area contributed by atoms with Gasteiger partial charge in [0.2, 0.25) is 0 Å². The molecule has 3 N–H and O–H groups in total. The molecule has 0 aliphatic rings. The Kier molecular flexibility index (Phi) is 67.1. The fourth-order valence-corrected chi connectivity index (χ4v) is 13.5. The van der Waals surface area contributed by atoms with E-state index in [1.54, 1.807) is 0 Å². The van der Waals surface area contributed by atoms with Gasteiger partial charge >= 0.3 is 39.5 Å². The number of rotatable bonds is 76. The Hall–Kier alpha value is -1.94. The number of carbonyl (C=O) groups excluding carboxylic acids is 4. The summed E-state index contributed by atoms with van der Waals surface area (Å²) in [5, 5.41) is 10.6. The molecule has 0 aromatic rings. The van der Waals surface area contributed by atoms with Crippen LogP contribution < -0.4 is 0 Å². The van der Waals surface area contributed by atoms with Crippen LogP contribution in [-0.2, 0) is 65.4 Å². The van der Waals surface area contributed by atoms with Gasteiger partial charge in [-0.1, -0.05) is 350 Å². The molecule has 97 heavy (non-hydrogen) atoms. The monoisotopic (exact) mass is 1420 g/mol.